The van der Waals surface area contributed by atoms with Gasteiger partial charge < -0.3 is 10.4 Å². The number of amides is 1. The van der Waals surface area contributed by atoms with Crippen LogP contribution in [0.5, 0.6) is 0 Å². The highest BCUT2D eigenvalue weighted by atomic mass is 35.5. The lowest BCUT2D eigenvalue weighted by Crippen LogP contribution is -2.46. The zero-order valence-corrected chi connectivity index (χ0v) is 13.5. The number of aliphatic carboxylic acids is 1. The van der Waals surface area contributed by atoms with Crippen molar-refractivity contribution in [2.75, 3.05) is 19.6 Å². The summed E-state index contributed by atoms with van der Waals surface area (Å²) >= 11 is 0. The predicted octanol–water partition coefficient (Wildman–Crippen LogP) is 1.90. The number of hydrogen-bond donors (Lipinski definition) is 2. The van der Waals surface area contributed by atoms with E-state index in [1.165, 1.54) is 12.8 Å². The number of halogens is 1. The van der Waals surface area contributed by atoms with E-state index < -0.39 is 5.97 Å². The van der Waals surface area contributed by atoms with E-state index in [-0.39, 0.29) is 24.2 Å². The molecule has 21 heavy (non-hydrogen) atoms. The van der Waals surface area contributed by atoms with Gasteiger partial charge in [-0.25, -0.2) is 0 Å². The number of carbonyl (C=O) groups is 2. The van der Waals surface area contributed by atoms with Gasteiger partial charge in [0, 0.05) is 6.04 Å². The molecule has 2 aliphatic rings. The number of likely N-dealkylation sites (tertiary alicyclic amines) is 1. The second-order valence-corrected chi connectivity index (χ2v) is 6.41. The van der Waals surface area contributed by atoms with E-state index in [0.29, 0.717) is 38.5 Å². The van der Waals surface area contributed by atoms with Crippen molar-refractivity contribution in [3.63, 3.8) is 0 Å². The number of carboxylic acids is 1. The molecule has 1 saturated heterocycles. The summed E-state index contributed by atoms with van der Waals surface area (Å²) in [5.74, 6) is -0.0453. The van der Waals surface area contributed by atoms with Gasteiger partial charge >= 0.3 is 5.97 Å². The summed E-state index contributed by atoms with van der Waals surface area (Å²) in [5, 5.41) is 12.1. The minimum absolute atomic E-state index is 0. The number of hydrogen-bond acceptors (Lipinski definition) is 3. The zero-order valence-electron chi connectivity index (χ0n) is 12.7. The Kier molecular flexibility index (Phi) is 7.46. The first-order chi connectivity index (χ1) is 9.54. The fourth-order valence-electron chi connectivity index (χ4n) is 3.22. The van der Waals surface area contributed by atoms with Gasteiger partial charge in [-0.2, -0.15) is 0 Å². The van der Waals surface area contributed by atoms with E-state index in [1.54, 1.807) is 0 Å². The van der Waals surface area contributed by atoms with Crippen LogP contribution in [-0.4, -0.2) is 47.6 Å². The lowest BCUT2D eigenvalue weighted by molar-refractivity contribution is -0.143. The standard InChI is InChI=1S/C15H26N2O3.ClH/c1-11-2-4-13(5-3-11)16-14(18)10-17-8-6-12(7-9-17)15(19)20;/h11-13H,2-10H2,1H3,(H,16,18)(H,19,20);1H. The van der Waals surface area contributed by atoms with Crippen LogP contribution in [0, 0.1) is 11.8 Å². The Labute approximate surface area is 132 Å². The number of carboxylic acid groups (broad SMARTS) is 1. The van der Waals surface area contributed by atoms with Crippen LogP contribution in [0.15, 0.2) is 0 Å². The van der Waals surface area contributed by atoms with Crippen molar-refractivity contribution in [2.24, 2.45) is 11.8 Å². The Hall–Kier alpha value is -0.810. The smallest absolute Gasteiger partial charge is 0.306 e. The summed E-state index contributed by atoms with van der Waals surface area (Å²) in [7, 11) is 0. The van der Waals surface area contributed by atoms with Crippen molar-refractivity contribution in [1.82, 2.24) is 10.2 Å². The van der Waals surface area contributed by atoms with Gasteiger partial charge in [0.2, 0.25) is 5.91 Å². The minimum Gasteiger partial charge on any atom is -0.481 e. The Bertz CT molecular complexity index is 349. The first-order valence-corrected chi connectivity index (χ1v) is 7.79. The predicted molar refractivity (Wildman–Crippen MR) is 83.6 cm³/mol. The van der Waals surface area contributed by atoms with E-state index in [2.05, 4.69) is 17.1 Å². The number of piperidine rings is 1. The highest BCUT2D eigenvalue weighted by molar-refractivity contribution is 5.85. The maximum Gasteiger partial charge on any atom is 0.306 e. The van der Waals surface area contributed by atoms with Crippen LogP contribution in [0.4, 0.5) is 0 Å². The molecule has 0 aromatic carbocycles. The molecule has 0 spiro atoms. The topological polar surface area (TPSA) is 69.6 Å². The van der Waals surface area contributed by atoms with E-state index in [0.717, 1.165) is 18.8 Å². The van der Waals surface area contributed by atoms with E-state index in [9.17, 15) is 9.59 Å². The molecule has 0 aromatic rings. The number of nitrogens with zero attached hydrogens (tertiary/aromatic N) is 1. The minimum atomic E-state index is -0.703. The normalized spacial score (nSPS) is 27.7. The Balaban J connectivity index is 0.00000220. The van der Waals surface area contributed by atoms with Gasteiger partial charge in [0.25, 0.3) is 0 Å². The van der Waals surface area contributed by atoms with E-state index in [1.807, 2.05) is 0 Å². The average Bonchev–Trinajstić information content (AvgIpc) is 2.42. The first-order valence-electron chi connectivity index (χ1n) is 7.79. The summed E-state index contributed by atoms with van der Waals surface area (Å²) in [6.07, 6.45) is 5.90. The number of nitrogens with one attached hydrogen (secondary N) is 1. The second-order valence-electron chi connectivity index (χ2n) is 6.41. The molecule has 1 amide bonds. The largest absolute Gasteiger partial charge is 0.481 e. The average molecular weight is 319 g/mol. The Morgan fingerprint density at radius 3 is 2.19 bits per heavy atom. The third kappa shape index (κ3) is 5.83. The van der Waals surface area contributed by atoms with Crippen molar-refractivity contribution in [3.05, 3.63) is 0 Å². The third-order valence-corrected chi connectivity index (χ3v) is 4.68. The molecule has 0 aromatic heterocycles. The molecule has 122 valence electrons. The van der Waals surface area contributed by atoms with Crippen LogP contribution in [-0.2, 0) is 9.59 Å². The Morgan fingerprint density at radius 2 is 1.67 bits per heavy atom. The quantitative estimate of drug-likeness (QED) is 0.830. The molecular weight excluding hydrogens is 292 g/mol. The van der Waals surface area contributed by atoms with Crippen LogP contribution in [0.3, 0.4) is 0 Å². The second kappa shape index (κ2) is 8.59. The maximum atomic E-state index is 12.0. The van der Waals surface area contributed by atoms with Gasteiger partial charge in [0.05, 0.1) is 12.5 Å². The summed E-state index contributed by atoms with van der Waals surface area (Å²) < 4.78 is 0. The number of rotatable bonds is 4. The monoisotopic (exact) mass is 318 g/mol. The lowest BCUT2D eigenvalue weighted by Gasteiger charge is -2.31. The molecule has 1 aliphatic carbocycles. The van der Waals surface area contributed by atoms with Crippen molar-refractivity contribution >= 4 is 24.3 Å². The highest BCUT2D eigenvalue weighted by Crippen LogP contribution is 2.23. The highest BCUT2D eigenvalue weighted by Gasteiger charge is 2.26. The van der Waals surface area contributed by atoms with Crippen molar-refractivity contribution in [2.45, 2.75) is 51.5 Å². The molecule has 2 fully saturated rings. The van der Waals surface area contributed by atoms with Gasteiger partial charge in [-0.1, -0.05) is 6.92 Å². The van der Waals surface area contributed by atoms with Gasteiger partial charge in [0.15, 0.2) is 0 Å². The zero-order chi connectivity index (χ0) is 14.5. The molecule has 1 heterocycles. The van der Waals surface area contributed by atoms with Gasteiger partial charge in [-0.05, 0) is 57.5 Å². The fraction of sp³-hybridized carbons (Fsp3) is 0.867. The summed E-state index contributed by atoms with van der Waals surface area (Å²) in [6.45, 7) is 4.11. The van der Waals surface area contributed by atoms with Crippen LogP contribution in [0.25, 0.3) is 0 Å². The molecule has 2 N–H and O–H groups in total. The Morgan fingerprint density at radius 1 is 1.10 bits per heavy atom. The molecule has 0 atom stereocenters. The summed E-state index contributed by atoms with van der Waals surface area (Å²) in [4.78, 5) is 25.0. The first kappa shape index (κ1) is 18.2. The van der Waals surface area contributed by atoms with Gasteiger partial charge in [0.1, 0.15) is 0 Å². The van der Waals surface area contributed by atoms with Crippen molar-refractivity contribution in [1.29, 1.82) is 0 Å². The molecule has 0 unspecified atom stereocenters. The fourth-order valence-corrected chi connectivity index (χ4v) is 3.22. The molecule has 0 radical (unpaired) electrons. The maximum absolute atomic E-state index is 12.0. The van der Waals surface area contributed by atoms with Crippen LogP contribution >= 0.6 is 12.4 Å². The molecule has 1 saturated carbocycles. The summed E-state index contributed by atoms with van der Waals surface area (Å²) in [5.41, 5.74) is 0. The number of carbonyl (C=O) groups excluding carboxylic acids is 1. The molecule has 5 nitrogen and oxygen atoms in total. The van der Waals surface area contributed by atoms with Crippen LogP contribution in [0.1, 0.15) is 45.4 Å². The van der Waals surface area contributed by atoms with E-state index in [4.69, 9.17) is 5.11 Å². The van der Waals surface area contributed by atoms with Gasteiger partial charge in [-0.3, -0.25) is 14.5 Å². The van der Waals surface area contributed by atoms with Crippen molar-refractivity contribution < 1.29 is 14.7 Å². The van der Waals surface area contributed by atoms with Gasteiger partial charge in [-0.15, -0.1) is 12.4 Å². The molecule has 1 aliphatic heterocycles. The molecule has 6 heteroatoms. The van der Waals surface area contributed by atoms with Crippen molar-refractivity contribution in [3.8, 4) is 0 Å². The van der Waals surface area contributed by atoms with Crippen LogP contribution < -0.4 is 5.32 Å². The van der Waals surface area contributed by atoms with E-state index >= 15 is 0 Å². The molecule has 2 rings (SSSR count). The lowest BCUT2D eigenvalue weighted by atomic mass is 9.87. The molecular formula is C15H27ClN2O3. The third-order valence-electron chi connectivity index (χ3n) is 4.68. The van der Waals surface area contributed by atoms with Crippen LogP contribution in [0.2, 0.25) is 0 Å². The summed E-state index contributed by atoms with van der Waals surface area (Å²) in [6, 6.07) is 0.343. The SMILES string of the molecule is CC1CCC(NC(=O)CN2CCC(C(=O)O)CC2)CC1.Cl. The molecule has 0 bridgehead atoms.